The molecular formula is C27H23N3O5. The summed E-state index contributed by atoms with van der Waals surface area (Å²) in [5.74, 6) is 1.46. The lowest BCUT2D eigenvalue weighted by Crippen LogP contribution is -2.17. The van der Waals surface area contributed by atoms with E-state index in [1.54, 1.807) is 51.7 Å². The molecule has 0 aliphatic heterocycles. The van der Waals surface area contributed by atoms with Crippen molar-refractivity contribution in [3.63, 3.8) is 0 Å². The number of nitrogens with zero attached hydrogens (tertiary/aromatic N) is 1. The number of carbonyl (C=O) groups is 2. The average molecular weight is 469 g/mol. The summed E-state index contributed by atoms with van der Waals surface area (Å²) in [7, 11) is 4.71. The Morgan fingerprint density at radius 3 is 2.37 bits per heavy atom. The molecule has 8 nitrogen and oxygen atoms in total. The van der Waals surface area contributed by atoms with Gasteiger partial charge in [-0.1, -0.05) is 12.1 Å². The van der Waals surface area contributed by atoms with Gasteiger partial charge >= 0.3 is 0 Å². The second-order valence-electron chi connectivity index (χ2n) is 8.01. The third-order valence-corrected chi connectivity index (χ3v) is 6.03. The number of rotatable bonds is 7. The van der Waals surface area contributed by atoms with E-state index in [0.717, 1.165) is 5.56 Å². The van der Waals surface area contributed by atoms with Crippen molar-refractivity contribution in [2.45, 2.75) is 6.42 Å². The van der Waals surface area contributed by atoms with Gasteiger partial charge in [-0.25, -0.2) is 0 Å². The maximum atomic E-state index is 13.5. The monoisotopic (exact) mass is 469 g/mol. The van der Waals surface area contributed by atoms with Crippen LogP contribution in [0.5, 0.6) is 17.2 Å². The molecule has 4 aromatic rings. The third kappa shape index (κ3) is 3.89. The maximum Gasteiger partial charge on any atom is 0.228 e. The number of methoxy groups -OCH3 is 3. The minimum atomic E-state index is -0.276. The fourth-order valence-electron chi connectivity index (χ4n) is 4.34. The predicted octanol–water partition coefficient (Wildman–Crippen LogP) is 4.50. The Morgan fingerprint density at radius 1 is 0.914 bits per heavy atom. The molecule has 1 aromatic heterocycles. The van der Waals surface area contributed by atoms with Crippen molar-refractivity contribution < 1.29 is 23.8 Å². The van der Waals surface area contributed by atoms with Crippen LogP contribution in [-0.2, 0) is 11.2 Å². The third-order valence-electron chi connectivity index (χ3n) is 6.03. The molecule has 5 rings (SSSR count). The van der Waals surface area contributed by atoms with Crippen molar-refractivity contribution in [3.8, 4) is 39.8 Å². The number of amides is 1. The molecular weight excluding hydrogens is 446 g/mol. The Labute approximate surface area is 201 Å². The summed E-state index contributed by atoms with van der Waals surface area (Å²) in [4.78, 5) is 26.5. The van der Waals surface area contributed by atoms with Crippen molar-refractivity contribution >= 4 is 17.4 Å². The lowest BCUT2D eigenvalue weighted by Gasteiger charge is -2.12. The molecule has 0 unspecified atom stereocenters. The number of ketones is 1. The summed E-state index contributed by atoms with van der Waals surface area (Å²) >= 11 is 0. The maximum absolute atomic E-state index is 13.5. The van der Waals surface area contributed by atoms with Crippen LogP contribution in [0, 0.1) is 0 Å². The van der Waals surface area contributed by atoms with Crippen LogP contribution < -0.4 is 19.5 Å². The highest BCUT2D eigenvalue weighted by molar-refractivity contribution is 6.27. The van der Waals surface area contributed by atoms with Crippen molar-refractivity contribution in [3.05, 3.63) is 77.4 Å². The molecule has 3 aromatic carbocycles. The summed E-state index contributed by atoms with van der Waals surface area (Å²) in [6.07, 6.45) is 0.0577. The molecule has 1 aliphatic rings. The number of hydrogen-bond donors (Lipinski definition) is 2. The van der Waals surface area contributed by atoms with E-state index >= 15 is 0 Å². The van der Waals surface area contributed by atoms with E-state index in [9.17, 15) is 9.59 Å². The molecule has 176 valence electrons. The zero-order valence-electron chi connectivity index (χ0n) is 19.5. The molecule has 0 atom stereocenters. The number of hydrogen-bond acceptors (Lipinski definition) is 6. The molecule has 0 fully saturated rings. The minimum absolute atomic E-state index is 0.0577. The predicted molar refractivity (Wildman–Crippen MR) is 131 cm³/mol. The second kappa shape index (κ2) is 8.98. The Morgan fingerprint density at radius 2 is 1.66 bits per heavy atom. The molecule has 0 saturated heterocycles. The first-order chi connectivity index (χ1) is 17.0. The fourth-order valence-corrected chi connectivity index (χ4v) is 4.34. The number of nitrogens with one attached hydrogen (secondary N) is 2. The van der Waals surface area contributed by atoms with Crippen LogP contribution in [0.4, 0.5) is 5.69 Å². The summed E-state index contributed by atoms with van der Waals surface area (Å²) in [5, 5.41) is 10.3. The highest BCUT2D eigenvalue weighted by Crippen LogP contribution is 2.43. The smallest absolute Gasteiger partial charge is 0.228 e. The highest BCUT2D eigenvalue weighted by Gasteiger charge is 2.35. The number of benzene rings is 3. The summed E-state index contributed by atoms with van der Waals surface area (Å²) in [6, 6.07) is 18.0. The van der Waals surface area contributed by atoms with Gasteiger partial charge in [0.1, 0.15) is 22.9 Å². The van der Waals surface area contributed by atoms with Crippen LogP contribution >= 0.6 is 0 Å². The normalized spacial score (nSPS) is 11.6. The van der Waals surface area contributed by atoms with Gasteiger partial charge in [0.25, 0.3) is 0 Å². The lowest BCUT2D eigenvalue weighted by atomic mass is 10.0. The van der Waals surface area contributed by atoms with Crippen LogP contribution in [0.15, 0.2) is 60.7 Å². The van der Waals surface area contributed by atoms with E-state index in [4.69, 9.17) is 14.2 Å². The standard InChI is InChI=1S/C27H23N3O5/c1-33-17-9-7-15(8-10-17)25-24-26(30-29-25)19-5-4-6-20(23(19)27(24)32)28-22(31)14-16-13-18(34-2)11-12-21(16)35-3/h4-13H,14H2,1-3H3,(H,28,31)(H,29,30). The zero-order chi connectivity index (χ0) is 24.5. The van der Waals surface area contributed by atoms with Gasteiger partial charge in [0.05, 0.1) is 50.3 Å². The fraction of sp³-hybridized carbons (Fsp3) is 0.148. The van der Waals surface area contributed by atoms with E-state index in [0.29, 0.717) is 56.6 Å². The van der Waals surface area contributed by atoms with Crippen molar-refractivity contribution in [2.24, 2.45) is 0 Å². The van der Waals surface area contributed by atoms with Gasteiger partial charge in [0.15, 0.2) is 5.78 Å². The number of H-pyrrole nitrogens is 1. The first-order valence-corrected chi connectivity index (χ1v) is 11.0. The van der Waals surface area contributed by atoms with Crippen molar-refractivity contribution in [1.82, 2.24) is 10.2 Å². The largest absolute Gasteiger partial charge is 0.497 e. The van der Waals surface area contributed by atoms with Crippen molar-refractivity contribution in [2.75, 3.05) is 26.6 Å². The first kappa shape index (κ1) is 22.2. The van der Waals surface area contributed by atoms with Crippen LogP contribution in [0.1, 0.15) is 21.5 Å². The summed E-state index contributed by atoms with van der Waals surface area (Å²) < 4.78 is 15.9. The van der Waals surface area contributed by atoms with E-state index in [1.165, 1.54) is 0 Å². The first-order valence-electron chi connectivity index (χ1n) is 11.0. The quantitative estimate of drug-likeness (QED) is 0.364. The van der Waals surface area contributed by atoms with Gasteiger partial charge in [-0.3, -0.25) is 14.7 Å². The van der Waals surface area contributed by atoms with Crippen LogP contribution in [-0.4, -0.2) is 43.2 Å². The van der Waals surface area contributed by atoms with E-state index in [2.05, 4.69) is 15.5 Å². The molecule has 1 amide bonds. The second-order valence-corrected chi connectivity index (χ2v) is 8.01. The van der Waals surface area contributed by atoms with E-state index in [1.807, 2.05) is 30.3 Å². The topological polar surface area (TPSA) is 103 Å². The molecule has 2 N–H and O–H groups in total. The van der Waals surface area contributed by atoms with Crippen LogP contribution in [0.2, 0.25) is 0 Å². The van der Waals surface area contributed by atoms with Gasteiger partial charge in [-0.15, -0.1) is 0 Å². The molecule has 1 heterocycles. The van der Waals surface area contributed by atoms with E-state index in [-0.39, 0.29) is 18.1 Å². The number of ether oxygens (including phenoxy) is 3. The average Bonchev–Trinajstić information content (AvgIpc) is 3.44. The van der Waals surface area contributed by atoms with Crippen molar-refractivity contribution in [1.29, 1.82) is 0 Å². The number of aromatic amines is 1. The molecule has 8 heteroatoms. The number of fused-ring (bicyclic) bond motifs is 3. The van der Waals surface area contributed by atoms with Crippen LogP contribution in [0.25, 0.3) is 22.5 Å². The molecule has 1 aliphatic carbocycles. The van der Waals surface area contributed by atoms with Gasteiger partial charge in [0.2, 0.25) is 5.91 Å². The zero-order valence-corrected chi connectivity index (χ0v) is 19.5. The molecule has 0 radical (unpaired) electrons. The van der Waals surface area contributed by atoms with Gasteiger partial charge in [-0.05, 0) is 48.5 Å². The SMILES string of the molecule is COc1ccc(-c2n[nH]c3c2C(=O)c2c(NC(=O)Cc4cc(OC)ccc4OC)cccc2-3)cc1. The van der Waals surface area contributed by atoms with Gasteiger partial charge < -0.3 is 19.5 Å². The molecule has 0 spiro atoms. The Bertz CT molecular complexity index is 1440. The highest BCUT2D eigenvalue weighted by atomic mass is 16.5. The van der Waals surface area contributed by atoms with Crippen LogP contribution in [0.3, 0.4) is 0 Å². The Kier molecular flexibility index (Phi) is 5.70. The molecule has 35 heavy (non-hydrogen) atoms. The minimum Gasteiger partial charge on any atom is -0.497 e. The van der Waals surface area contributed by atoms with E-state index < -0.39 is 0 Å². The number of carbonyl (C=O) groups excluding carboxylic acids is 2. The lowest BCUT2D eigenvalue weighted by molar-refractivity contribution is -0.115. The Hall–Kier alpha value is -4.59. The number of aromatic nitrogens is 2. The molecule has 0 saturated carbocycles. The number of anilines is 1. The van der Waals surface area contributed by atoms with Gasteiger partial charge in [0, 0.05) is 16.7 Å². The summed E-state index contributed by atoms with van der Waals surface area (Å²) in [6.45, 7) is 0. The summed E-state index contributed by atoms with van der Waals surface area (Å²) in [5.41, 5.74) is 4.75. The molecule has 0 bridgehead atoms. The Balaban J connectivity index is 1.44. The van der Waals surface area contributed by atoms with Gasteiger partial charge in [-0.2, -0.15) is 5.10 Å².